The summed E-state index contributed by atoms with van der Waals surface area (Å²) in [7, 11) is 0. The Morgan fingerprint density at radius 3 is 2.85 bits per heavy atom. The van der Waals surface area contributed by atoms with Gasteiger partial charge in [0, 0.05) is 16.2 Å². The fraction of sp³-hybridized carbons (Fsp3) is 0. The van der Waals surface area contributed by atoms with E-state index in [1.54, 1.807) is 18.2 Å². The third-order valence-electron chi connectivity index (χ3n) is 1.43. The van der Waals surface area contributed by atoms with Crippen LogP contribution in [0.25, 0.3) is 6.08 Å². The Morgan fingerprint density at radius 1 is 1.54 bits per heavy atom. The minimum absolute atomic E-state index is 0.605. The van der Waals surface area contributed by atoms with Gasteiger partial charge in [0.25, 0.3) is 0 Å². The molecule has 4 heteroatoms. The van der Waals surface area contributed by atoms with E-state index in [1.807, 2.05) is 0 Å². The quantitative estimate of drug-likeness (QED) is 0.616. The highest BCUT2D eigenvalue weighted by Crippen LogP contribution is 2.20. The second-order valence-corrected chi connectivity index (χ2v) is 3.31. The molecule has 13 heavy (non-hydrogen) atoms. The fourth-order valence-corrected chi connectivity index (χ4v) is 1.23. The highest BCUT2D eigenvalue weighted by molar-refractivity contribution is 9.10. The van der Waals surface area contributed by atoms with Crippen molar-refractivity contribution in [3.05, 3.63) is 34.3 Å². The van der Waals surface area contributed by atoms with Gasteiger partial charge in [-0.15, -0.1) is 0 Å². The van der Waals surface area contributed by atoms with Crippen LogP contribution in [0.1, 0.15) is 5.56 Å². The zero-order valence-corrected chi connectivity index (χ0v) is 8.28. The summed E-state index contributed by atoms with van der Waals surface area (Å²) in [5.74, 6) is -0.977. The molecule has 0 spiro atoms. The average molecular weight is 242 g/mol. The Balaban J connectivity index is 3.00. The second-order valence-electron chi connectivity index (χ2n) is 2.45. The first-order valence-electron chi connectivity index (χ1n) is 3.55. The lowest BCUT2D eigenvalue weighted by molar-refractivity contribution is -0.131. The number of hydrogen-bond donors (Lipinski definition) is 2. The minimum Gasteiger partial charge on any atom is -0.478 e. The lowest BCUT2D eigenvalue weighted by Gasteiger charge is -1.98. The van der Waals surface area contributed by atoms with Crippen LogP contribution in [0.15, 0.2) is 28.7 Å². The summed E-state index contributed by atoms with van der Waals surface area (Å²) in [6.45, 7) is 0. The molecule has 0 saturated carbocycles. The number of aliphatic carboxylic acids is 1. The topological polar surface area (TPSA) is 63.3 Å². The molecule has 0 heterocycles. The van der Waals surface area contributed by atoms with Crippen molar-refractivity contribution in [2.75, 3.05) is 5.73 Å². The van der Waals surface area contributed by atoms with Crippen molar-refractivity contribution in [3.63, 3.8) is 0 Å². The van der Waals surface area contributed by atoms with Crippen molar-refractivity contribution >= 4 is 33.7 Å². The number of carboxylic acid groups (broad SMARTS) is 1. The summed E-state index contributed by atoms with van der Waals surface area (Å²) in [6, 6.07) is 5.21. The number of carbonyl (C=O) groups is 1. The van der Waals surface area contributed by atoms with Crippen molar-refractivity contribution in [1.82, 2.24) is 0 Å². The van der Waals surface area contributed by atoms with Gasteiger partial charge in [-0.05, 0) is 29.8 Å². The number of hydrogen-bond acceptors (Lipinski definition) is 2. The number of halogens is 1. The molecular weight excluding hydrogens is 234 g/mol. The van der Waals surface area contributed by atoms with Gasteiger partial charge in [0.1, 0.15) is 0 Å². The number of carboxylic acids is 1. The SMILES string of the molecule is Nc1ccc(Br)c(/C=C/C(=O)O)c1. The number of nitrogen functional groups attached to an aromatic ring is 1. The van der Waals surface area contributed by atoms with E-state index in [0.717, 1.165) is 16.1 Å². The molecule has 0 atom stereocenters. The summed E-state index contributed by atoms with van der Waals surface area (Å²) in [5, 5.41) is 8.40. The molecule has 0 fully saturated rings. The van der Waals surface area contributed by atoms with Crippen LogP contribution in [0.2, 0.25) is 0 Å². The molecule has 1 aromatic rings. The highest BCUT2D eigenvalue weighted by atomic mass is 79.9. The van der Waals surface area contributed by atoms with E-state index in [-0.39, 0.29) is 0 Å². The highest BCUT2D eigenvalue weighted by Gasteiger charge is 1.96. The second kappa shape index (κ2) is 4.09. The summed E-state index contributed by atoms with van der Waals surface area (Å²) < 4.78 is 0.819. The summed E-state index contributed by atoms with van der Waals surface area (Å²) in [5.41, 5.74) is 6.89. The van der Waals surface area contributed by atoms with Gasteiger partial charge in [0.2, 0.25) is 0 Å². The van der Waals surface area contributed by atoms with Gasteiger partial charge < -0.3 is 10.8 Å². The van der Waals surface area contributed by atoms with E-state index in [4.69, 9.17) is 10.8 Å². The van der Waals surface area contributed by atoms with E-state index in [1.165, 1.54) is 6.08 Å². The largest absolute Gasteiger partial charge is 0.478 e. The van der Waals surface area contributed by atoms with Crippen LogP contribution in [-0.4, -0.2) is 11.1 Å². The van der Waals surface area contributed by atoms with Crippen LogP contribution >= 0.6 is 15.9 Å². The molecule has 1 rings (SSSR count). The van der Waals surface area contributed by atoms with Crippen LogP contribution in [-0.2, 0) is 4.79 Å². The first-order valence-corrected chi connectivity index (χ1v) is 4.35. The molecule has 68 valence electrons. The Kier molecular flexibility index (Phi) is 3.08. The Hall–Kier alpha value is -1.29. The van der Waals surface area contributed by atoms with Crippen LogP contribution < -0.4 is 5.73 Å². The monoisotopic (exact) mass is 241 g/mol. The van der Waals surface area contributed by atoms with Crippen molar-refractivity contribution in [2.24, 2.45) is 0 Å². The molecule has 0 radical (unpaired) electrons. The smallest absolute Gasteiger partial charge is 0.328 e. The van der Waals surface area contributed by atoms with Crippen LogP contribution in [0, 0.1) is 0 Å². The Labute approximate surface area is 84.0 Å². The summed E-state index contributed by atoms with van der Waals surface area (Å²) >= 11 is 3.28. The maximum Gasteiger partial charge on any atom is 0.328 e. The summed E-state index contributed by atoms with van der Waals surface area (Å²) in [4.78, 5) is 10.2. The first kappa shape index (κ1) is 9.80. The van der Waals surface area contributed by atoms with Crippen LogP contribution in [0.5, 0.6) is 0 Å². The lowest BCUT2D eigenvalue weighted by atomic mass is 10.2. The number of anilines is 1. The Morgan fingerprint density at radius 2 is 2.23 bits per heavy atom. The molecule has 0 saturated heterocycles. The van der Waals surface area contributed by atoms with Gasteiger partial charge in [0.15, 0.2) is 0 Å². The van der Waals surface area contributed by atoms with Gasteiger partial charge in [-0.3, -0.25) is 0 Å². The van der Waals surface area contributed by atoms with Gasteiger partial charge in [-0.2, -0.15) is 0 Å². The zero-order chi connectivity index (χ0) is 9.84. The molecule has 0 amide bonds. The van der Waals surface area contributed by atoms with E-state index in [9.17, 15) is 4.79 Å². The molecular formula is C9H8BrNO2. The molecule has 0 aromatic heterocycles. The molecule has 0 aliphatic rings. The molecule has 3 nitrogen and oxygen atoms in total. The standard InChI is InChI=1S/C9H8BrNO2/c10-8-3-2-7(11)5-6(8)1-4-9(12)13/h1-5H,11H2,(H,12,13)/b4-1+. The van der Waals surface area contributed by atoms with Crippen LogP contribution in [0.3, 0.4) is 0 Å². The molecule has 0 unspecified atom stereocenters. The van der Waals surface area contributed by atoms with Crippen molar-refractivity contribution in [3.8, 4) is 0 Å². The van der Waals surface area contributed by atoms with E-state index in [0.29, 0.717) is 5.69 Å². The molecule has 0 aliphatic carbocycles. The third-order valence-corrected chi connectivity index (χ3v) is 2.15. The maximum absolute atomic E-state index is 10.2. The molecule has 0 aliphatic heterocycles. The number of rotatable bonds is 2. The summed E-state index contributed by atoms with van der Waals surface area (Å²) in [6.07, 6.45) is 2.56. The van der Waals surface area contributed by atoms with Gasteiger partial charge >= 0.3 is 5.97 Å². The zero-order valence-electron chi connectivity index (χ0n) is 6.70. The van der Waals surface area contributed by atoms with Gasteiger partial charge in [-0.1, -0.05) is 15.9 Å². The predicted octanol–water partition coefficient (Wildman–Crippen LogP) is 2.13. The molecule has 1 aromatic carbocycles. The first-order chi connectivity index (χ1) is 6.09. The van der Waals surface area contributed by atoms with Crippen molar-refractivity contribution in [2.45, 2.75) is 0 Å². The molecule has 3 N–H and O–H groups in total. The van der Waals surface area contributed by atoms with E-state index < -0.39 is 5.97 Å². The predicted molar refractivity (Wildman–Crippen MR) is 55.2 cm³/mol. The number of nitrogens with two attached hydrogens (primary N) is 1. The number of benzene rings is 1. The minimum atomic E-state index is -0.977. The molecule has 0 bridgehead atoms. The fourth-order valence-electron chi connectivity index (χ4n) is 0.851. The lowest BCUT2D eigenvalue weighted by Crippen LogP contribution is -1.88. The van der Waals surface area contributed by atoms with E-state index >= 15 is 0 Å². The van der Waals surface area contributed by atoms with Gasteiger partial charge in [0.05, 0.1) is 0 Å². The van der Waals surface area contributed by atoms with Crippen molar-refractivity contribution in [1.29, 1.82) is 0 Å². The van der Waals surface area contributed by atoms with Gasteiger partial charge in [-0.25, -0.2) is 4.79 Å². The average Bonchev–Trinajstić information content (AvgIpc) is 2.06. The van der Waals surface area contributed by atoms with E-state index in [2.05, 4.69) is 15.9 Å². The third kappa shape index (κ3) is 2.91. The van der Waals surface area contributed by atoms with Crippen LogP contribution in [0.4, 0.5) is 5.69 Å². The Bertz CT molecular complexity index is 361. The normalized spacial score (nSPS) is 10.5. The maximum atomic E-state index is 10.2. The van der Waals surface area contributed by atoms with Crippen molar-refractivity contribution < 1.29 is 9.90 Å².